The van der Waals surface area contributed by atoms with E-state index < -0.39 is 23.9 Å². The Labute approximate surface area is 122 Å². The van der Waals surface area contributed by atoms with Gasteiger partial charge in [-0.3, -0.25) is 4.79 Å². The number of hydrogen-bond donors (Lipinski definition) is 0. The second-order valence-corrected chi connectivity index (χ2v) is 6.94. The predicted octanol–water partition coefficient (Wildman–Crippen LogP) is 4.17. The number of rotatable bonds is 1. The molecule has 1 amide bonds. The third kappa shape index (κ3) is 2.54. The van der Waals surface area contributed by atoms with Gasteiger partial charge in [0.05, 0.1) is 17.5 Å². The van der Waals surface area contributed by atoms with Gasteiger partial charge in [-0.2, -0.15) is 13.2 Å². The molecule has 1 aromatic rings. The summed E-state index contributed by atoms with van der Waals surface area (Å²) in [7, 11) is 1.55. The zero-order chi connectivity index (χ0) is 16.2. The third-order valence-corrected chi connectivity index (χ3v) is 4.10. The molecule has 0 aromatic heterocycles. The first-order valence-corrected chi connectivity index (χ1v) is 6.87. The Bertz CT molecular complexity index is 586. The molecule has 5 heteroatoms. The summed E-state index contributed by atoms with van der Waals surface area (Å²) >= 11 is 0. The molecule has 0 bridgehead atoms. The van der Waals surface area contributed by atoms with E-state index in [2.05, 4.69) is 0 Å². The normalized spacial score (nSPS) is 22.7. The number of para-hydroxylation sites is 1. The number of likely N-dealkylation sites (N-methyl/N-ethyl adjacent to an activating group) is 1. The average molecular weight is 299 g/mol. The van der Waals surface area contributed by atoms with Crippen molar-refractivity contribution in [3.05, 3.63) is 29.3 Å². The SMILES string of the molecule is CN1C(=O)C(C)(CC(F)(F)F)c2cccc(C(C)(C)C)c21. The molecule has 1 aliphatic rings. The molecule has 0 N–H and O–H groups in total. The van der Waals surface area contributed by atoms with Crippen LogP contribution in [0.15, 0.2) is 18.2 Å². The van der Waals surface area contributed by atoms with Crippen LogP contribution < -0.4 is 4.90 Å². The Morgan fingerprint density at radius 3 is 2.24 bits per heavy atom. The molecule has 116 valence electrons. The van der Waals surface area contributed by atoms with Crippen LogP contribution in [0, 0.1) is 0 Å². The summed E-state index contributed by atoms with van der Waals surface area (Å²) in [6, 6.07) is 5.25. The van der Waals surface area contributed by atoms with Crippen molar-refractivity contribution < 1.29 is 18.0 Å². The van der Waals surface area contributed by atoms with Crippen LogP contribution in [-0.2, 0) is 15.6 Å². The maximum Gasteiger partial charge on any atom is 0.390 e. The summed E-state index contributed by atoms with van der Waals surface area (Å²) in [6.07, 6.45) is -5.52. The Morgan fingerprint density at radius 2 is 1.76 bits per heavy atom. The molecule has 1 aliphatic heterocycles. The number of anilines is 1. The number of nitrogens with zero attached hydrogens (tertiary/aromatic N) is 1. The number of benzene rings is 1. The maximum atomic E-state index is 12.9. The fourth-order valence-corrected chi connectivity index (χ4v) is 3.11. The molecule has 2 rings (SSSR count). The van der Waals surface area contributed by atoms with E-state index >= 15 is 0 Å². The van der Waals surface area contributed by atoms with Crippen LogP contribution in [0.5, 0.6) is 0 Å². The van der Waals surface area contributed by atoms with Gasteiger partial charge in [-0.05, 0) is 23.5 Å². The van der Waals surface area contributed by atoms with Gasteiger partial charge in [0, 0.05) is 7.05 Å². The van der Waals surface area contributed by atoms with Crippen molar-refractivity contribution in [3.8, 4) is 0 Å². The predicted molar refractivity (Wildman–Crippen MR) is 76.6 cm³/mol. The summed E-state index contributed by atoms with van der Waals surface area (Å²) < 4.78 is 38.7. The molecule has 0 aliphatic carbocycles. The van der Waals surface area contributed by atoms with Crippen LogP contribution in [0.1, 0.15) is 45.2 Å². The molecule has 21 heavy (non-hydrogen) atoms. The van der Waals surface area contributed by atoms with Gasteiger partial charge in [-0.1, -0.05) is 39.0 Å². The molecular formula is C16H20F3NO. The summed E-state index contributed by atoms with van der Waals surface area (Å²) in [4.78, 5) is 13.8. The molecule has 1 heterocycles. The molecular weight excluding hydrogens is 279 g/mol. The van der Waals surface area contributed by atoms with Crippen molar-refractivity contribution in [2.24, 2.45) is 0 Å². The number of alkyl halides is 3. The molecule has 1 atom stereocenters. The number of amides is 1. The summed E-state index contributed by atoms with van der Waals surface area (Å²) in [6.45, 7) is 7.35. The van der Waals surface area contributed by atoms with Crippen LogP contribution in [0.3, 0.4) is 0 Å². The first kappa shape index (κ1) is 15.9. The van der Waals surface area contributed by atoms with Crippen molar-refractivity contribution >= 4 is 11.6 Å². The number of hydrogen-bond acceptors (Lipinski definition) is 1. The quantitative estimate of drug-likeness (QED) is 0.762. The van der Waals surface area contributed by atoms with Gasteiger partial charge in [-0.25, -0.2) is 0 Å². The van der Waals surface area contributed by atoms with Crippen molar-refractivity contribution in [2.45, 2.75) is 51.1 Å². The summed E-state index contributed by atoms with van der Waals surface area (Å²) in [5.74, 6) is -0.494. The summed E-state index contributed by atoms with van der Waals surface area (Å²) in [5, 5.41) is 0. The Morgan fingerprint density at radius 1 is 1.19 bits per heavy atom. The third-order valence-electron chi connectivity index (χ3n) is 4.10. The van der Waals surface area contributed by atoms with Gasteiger partial charge >= 0.3 is 6.18 Å². The number of fused-ring (bicyclic) bond motifs is 1. The van der Waals surface area contributed by atoms with Crippen molar-refractivity contribution in [1.82, 2.24) is 0 Å². The number of halogens is 3. The van der Waals surface area contributed by atoms with Gasteiger partial charge in [0.15, 0.2) is 0 Å². The number of carbonyl (C=O) groups is 1. The van der Waals surface area contributed by atoms with Gasteiger partial charge in [-0.15, -0.1) is 0 Å². The molecule has 0 fully saturated rings. The standard InChI is InChI=1S/C16H20F3NO/c1-14(2,3)10-7-6-8-11-12(10)20(5)13(21)15(11,4)9-16(17,18)19/h6-8H,9H2,1-5H3. The molecule has 2 nitrogen and oxygen atoms in total. The van der Waals surface area contributed by atoms with Crippen LogP contribution in [0.4, 0.5) is 18.9 Å². The average Bonchev–Trinajstić information content (AvgIpc) is 2.49. The maximum absolute atomic E-state index is 12.9. The zero-order valence-electron chi connectivity index (χ0n) is 12.9. The first-order valence-electron chi connectivity index (χ1n) is 6.87. The minimum Gasteiger partial charge on any atom is -0.314 e. The minimum absolute atomic E-state index is 0.247. The smallest absolute Gasteiger partial charge is 0.314 e. The molecule has 1 aromatic carbocycles. The van der Waals surface area contributed by atoms with Crippen molar-refractivity contribution in [3.63, 3.8) is 0 Å². The fourth-order valence-electron chi connectivity index (χ4n) is 3.11. The van der Waals surface area contributed by atoms with E-state index in [0.717, 1.165) is 5.56 Å². The lowest BCUT2D eigenvalue weighted by atomic mass is 9.77. The summed E-state index contributed by atoms with van der Waals surface area (Å²) in [5.41, 5.74) is 0.204. The van der Waals surface area contributed by atoms with Crippen LogP contribution in [0.2, 0.25) is 0 Å². The highest BCUT2D eigenvalue weighted by Crippen LogP contribution is 2.50. The fraction of sp³-hybridized carbons (Fsp3) is 0.562. The lowest BCUT2D eigenvalue weighted by Gasteiger charge is -2.25. The second-order valence-electron chi connectivity index (χ2n) is 6.94. The van der Waals surface area contributed by atoms with E-state index in [0.29, 0.717) is 11.3 Å². The number of carbonyl (C=O) groups excluding carboxylic acids is 1. The Hall–Kier alpha value is -1.52. The Balaban J connectivity index is 2.67. The lowest BCUT2D eigenvalue weighted by molar-refractivity contribution is -0.154. The highest BCUT2D eigenvalue weighted by Gasteiger charge is 2.53. The topological polar surface area (TPSA) is 20.3 Å². The molecule has 1 unspecified atom stereocenters. The van der Waals surface area contributed by atoms with E-state index in [9.17, 15) is 18.0 Å². The van der Waals surface area contributed by atoms with Crippen LogP contribution >= 0.6 is 0 Å². The van der Waals surface area contributed by atoms with E-state index in [1.54, 1.807) is 19.2 Å². The molecule has 0 spiro atoms. The largest absolute Gasteiger partial charge is 0.390 e. The molecule has 0 saturated carbocycles. The van der Waals surface area contributed by atoms with Gasteiger partial charge in [0.25, 0.3) is 0 Å². The van der Waals surface area contributed by atoms with Gasteiger partial charge in [0.1, 0.15) is 0 Å². The lowest BCUT2D eigenvalue weighted by Crippen LogP contribution is -2.39. The highest BCUT2D eigenvalue weighted by molar-refractivity contribution is 6.08. The molecule has 0 saturated heterocycles. The van der Waals surface area contributed by atoms with Gasteiger partial charge in [0.2, 0.25) is 5.91 Å². The van der Waals surface area contributed by atoms with E-state index in [-0.39, 0.29) is 5.41 Å². The Kier molecular flexibility index (Phi) is 3.39. The van der Waals surface area contributed by atoms with Gasteiger partial charge < -0.3 is 4.90 Å². The van der Waals surface area contributed by atoms with Crippen molar-refractivity contribution in [2.75, 3.05) is 11.9 Å². The minimum atomic E-state index is -4.38. The van der Waals surface area contributed by atoms with E-state index in [1.807, 2.05) is 26.8 Å². The highest BCUT2D eigenvalue weighted by atomic mass is 19.4. The first-order chi connectivity index (χ1) is 9.38. The van der Waals surface area contributed by atoms with E-state index in [1.165, 1.54) is 11.8 Å². The monoisotopic (exact) mass is 299 g/mol. The van der Waals surface area contributed by atoms with Crippen LogP contribution in [0.25, 0.3) is 0 Å². The van der Waals surface area contributed by atoms with Crippen LogP contribution in [-0.4, -0.2) is 19.1 Å². The molecule has 0 radical (unpaired) electrons. The van der Waals surface area contributed by atoms with E-state index in [4.69, 9.17) is 0 Å². The zero-order valence-corrected chi connectivity index (χ0v) is 12.9. The second kappa shape index (κ2) is 4.49. The van der Waals surface area contributed by atoms with Crippen molar-refractivity contribution in [1.29, 1.82) is 0 Å².